The van der Waals surface area contributed by atoms with Gasteiger partial charge in [0.2, 0.25) is 11.8 Å². The van der Waals surface area contributed by atoms with Crippen LogP contribution in [-0.2, 0) is 51.7 Å². The molecule has 7 heterocycles. The molecule has 2 unspecified atom stereocenters. The summed E-state index contributed by atoms with van der Waals surface area (Å²) in [6.45, 7) is 12.8. The van der Waals surface area contributed by atoms with Crippen LogP contribution in [0.15, 0.2) is 60.8 Å². The molecule has 1 spiro atoms. The van der Waals surface area contributed by atoms with Crippen LogP contribution < -0.4 is 10.7 Å². The normalized spacial score (nSPS) is 26.0. The van der Waals surface area contributed by atoms with E-state index in [9.17, 15) is 24.0 Å². The van der Waals surface area contributed by atoms with E-state index < -0.39 is 52.8 Å². The minimum Gasteiger partial charge on any atom is -0.464 e. The number of methoxy groups -OCH3 is 1. The molecule has 4 aromatic rings. The molecule has 6 aliphatic rings. The first kappa shape index (κ1) is 48.5. The molecule has 0 radical (unpaired) electrons. The number of aryl methyl sites for hydroxylation is 1. The number of likely N-dealkylation sites (tertiary alicyclic amines) is 2. The van der Waals surface area contributed by atoms with Crippen LogP contribution in [0, 0.1) is 28.6 Å². The fourth-order valence-corrected chi connectivity index (χ4v) is 12.2. The second-order valence-electron chi connectivity index (χ2n) is 21.4. The minimum atomic E-state index is -1.05. The molecule has 10 rings (SSSR count). The van der Waals surface area contributed by atoms with Crippen LogP contribution in [0.4, 0.5) is 0 Å². The number of aromatic nitrogens is 2. The smallest absolute Gasteiger partial charge is 0.324 e. The molecule has 16 heteroatoms. The van der Waals surface area contributed by atoms with Gasteiger partial charge in [-0.3, -0.25) is 38.9 Å². The lowest BCUT2D eigenvalue weighted by Crippen LogP contribution is -2.62. The standard InChI is InChI=1S/C55H66N8O8/c1-34(2)47(62-24-19-55(53(62)68)18-23-61(32-55)43(64)15-10-21-60-25-27-70-28-26-60)50(65)57-41-30-35-11-7-12-36(29-35)37-16-17-42-39(31-37)44-45(49(69-6)46-38(13-8-20-56-46)48(44)59(42)5)54(3,4)33-71-52(67)40-14-9-22-63(58-40)51(41)66/h7-8,11-13,16-17,20,29,31,34,40-41,45,47,49,58H,9,14,18-19,21-28,30,32-33H2,1-6H3,(H,57,65)/t40-,41-,45?,47-,49-,55?/m0/s1. The number of rotatable bonds is 6. The van der Waals surface area contributed by atoms with Gasteiger partial charge in [-0.1, -0.05) is 63.9 Å². The van der Waals surface area contributed by atoms with Crippen molar-refractivity contribution < 1.29 is 38.2 Å². The number of nitrogens with zero attached hydrogens (tertiary/aromatic N) is 6. The largest absolute Gasteiger partial charge is 0.464 e. The second kappa shape index (κ2) is 19.5. The van der Waals surface area contributed by atoms with E-state index >= 15 is 0 Å². The van der Waals surface area contributed by atoms with Crippen molar-refractivity contribution >= 4 is 40.5 Å². The van der Waals surface area contributed by atoms with Crippen molar-refractivity contribution in [2.24, 2.45) is 23.8 Å². The minimum absolute atomic E-state index is 0.0752. The number of morpholine rings is 1. The molecule has 374 valence electrons. The molecule has 4 amide bonds. The van der Waals surface area contributed by atoms with Crippen molar-refractivity contribution in [3.05, 3.63) is 77.6 Å². The predicted octanol–water partition coefficient (Wildman–Crippen LogP) is 4.61. The number of carbonyl (C=O) groups is 5. The highest BCUT2D eigenvalue weighted by molar-refractivity contribution is 5.98. The van der Waals surface area contributed by atoms with E-state index in [-0.39, 0.29) is 43.2 Å². The zero-order chi connectivity index (χ0) is 49.8. The van der Waals surface area contributed by atoms with Gasteiger partial charge in [0.05, 0.1) is 43.2 Å². The number of nitrogens with one attached hydrogen (secondary N) is 2. The van der Waals surface area contributed by atoms with E-state index in [1.165, 1.54) is 5.01 Å². The first-order chi connectivity index (χ1) is 34.2. The van der Waals surface area contributed by atoms with E-state index in [0.717, 1.165) is 63.2 Å². The maximum atomic E-state index is 14.9. The summed E-state index contributed by atoms with van der Waals surface area (Å²) >= 11 is 0. The van der Waals surface area contributed by atoms with Crippen LogP contribution in [0.25, 0.3) is 33.3 Å². The number of ether oxygens (including phenoxy) is 3. The zero-order valence-corrected chi connectivity index (χ0v) is 41.8. The predicted molar refractivity (Wildman–Crippen MR) is 266 cm³/mol. The fourth-order valence-electron chi connectivity index (χ4n) is 12.2. The van der Waals surface area contributed by atoms with Crippen LogP contribution >= 0.6 is 0 Å². The lowest BCUT2D eigenvalue weighted by molar-refractivity contribution is -0.156. The Morgan fingerprint density at radius 2 is 1.77 bits per heavy atom. The number of hydrazine groups is 1. The van der Waals surface area contributed by atoms with Gasteiger partial charge in [0.1, 0.15) is 24.2 Å². The van der Waals surface area contributed by atoms with E-state index in [4.69, 9.17) is 19.2 Å². The molecule has 4 saturated heterocycles. The molecule has 6 bridgehead atoms. The monoisotopic (exact) mass is 967 g/mol. The van der Waals surface area contributed by atoms with Crippen LogP contribution in [0.3, 0.4) is 0 Å². The van der Waals surface area contributed by atoms with Gasteiger partial charge >= 0.3 is 5.97 Å². The number of amides is 4. The maximum absolute atomic E-state index is 14.9. The summed E-state index contributed by atoms with van der Waals surface area (Å²) in [5.41, 5.74) is 9.52. The highest BCUT2D eigenvalue weighted by Gasteiger charge is 2.54. The molecular weight excluding hydrogens is 901 g/mol. The van der Waals surface area contributed by atoms with Gasteiger partial charge in [-0.25, -0.2) is 5.43 Å². The van der Waals surface area contributed by atoms with Crippen molar-refractivity contribution in [3.63, 3.8) is 0 Å². The molecule has 5 aliphatic heterocycles. The van der Waals surface area contributed by atoms with Crippen molar-refractivity contribution in [1.82, 2.24) is 40.0 Å². The van der Waals surface area contributed by atoms with Crippen molar-refractivity contribution in [2.75, 3.05) is 72.7 Å². The Bertz CT molecular complexity index is 2820. The number of hydrogen-bond acceptors (Lipinski definition) is 11. The Morgan fingerprint density at radius 3 is 2.56 bits per heavy atom. The van der Waals surface area contributed by atoms with E-state index in [1.807, 2.05) is 32.0 Å². The Kier molecular flexibility index (Phi) is 13.3. The second-order valence-corrected chi connectivity index (χ2v) is 21.4. The van der Waals surface area contributed by atoms with E-state index in [1.54, 1.807) is 23.1 Å². The summed E-state index contributed by atoms with van der Waals surface area (Å²) in [5, 5.41) is 5.64. The van der Waals surface area contributed by atoms with Crippen LogP contribution in [0.2, 0.25) is 0 Å². The van der Waals surface area contributed by atoms with Crippen LogP contribution in [0.1, 0.15) is 82.2 Å². The molecule has 4 fully saturated rings. The van der Waals surface area contributed by atoms with Crippen LogP contribution in [-0.4, -0.2) is 150 Å². The number of hydrogen-bond donors (Lipinski definition) is 2. The van der Waals surface area contributed by atoms with Gasteiger partial charge in [0.15, 0.2) is 0 Å². The highest BCUT2D eigenvalue weighted by Crippen LogP contribution is 2.57. The quantitative estimate of drug-likeness (QED) is 0.205. The molecule has 6 atom stereocenters. The summed E-state index contributed by atoms with van der Waals surface area (Å²) in [6.07, 6.45) is 3.50. The fraction of sp³-hybridized carbons (Fsp3) is 0.527. The van der Waals surface area contributed by atoms with Gasteiger partial charge in [-0.05, 0) is 84.0 Å². The third kappa shape index (κ3) is 9.00. The third-order valence-electron chi connectivity index (χ3n) is 16.0. The first-order valence-corrected chi connectivity index (χ1v) is 25.3. The highest BCUT2D eigenvalue weighted by atomic mass is 16.5. The van der Waals surface area contributed by atoms with Gasteiger partial charge in [-0.2, -0.15) is 0 Å². The Morgan fingerprint density at radius 1 is 0.986 bits per heavy atom. The average molecular weight is 967 g/mol. The molecule has 2 aromatic carbocycles. The molecule has 16 nitrogen and oxygen atoms in total. The SMILES string of the molecule is CO[C@@H]1c2ncccc2-c2c3c4cc(ccc4n2C)-c2cccc(c2)C[C@H](NC(=O)[C@H](C(C)C)N2CCC4(CCN(C(=O)C#CCN5CCOCC5)C4)C2=O)C(=O)N2CCC[C@H](N2)C(=O)OCC(C)(C)C31. The zero-order valence-electron chi connectivity index (χ0n) is 41.8. The lowest BCUT2D eigenvalue weighted by atomic mass is 9.67. The van der Waals surface area contributed by atoms with Crippen LogP contribution in [0.5, 0.6) is 0 Å². The van der Waals surface area contributed by atoms with Gasteiger partial charge in [0, 0.05) is 93.8 Å². The maximum Gasteiger partial charge on any atom is 0.324 e. The Balaban J connectivity index is 0.953. The Hall–Kier alpha value is -6.12. The molecule has 0 saturated carbocycles. The van der Waals surface area contributed by atoms with E-state index in [2.05, 4.69) is 89.3 Å². The van der Waals surface area contributed by atoms with Crippen molar-refractivity contribution in [3.8, 4) is 34.2 Å². The number of carbonyl (C=O) groups excluding carboxylic acids is 5. The average Bonchev–Trinajstić information content (AvgIpc) is 4.05. The van der Waals surface area contributed by atoms with Crippen molar-refractivity contribution in [2.45, 2.75) is 89.9 Å². The third-order valence-corrected chi connectivity index (χ3v) is 16.0. The number of cyclic esters (lactones) is 1. The number of benzene rings is 2. The summed E-state index contributed by atoms with van der Waals surface area (Å²) < 4.78 is 20.2. The number of esters is 1. The summed E-state index contributed by atoms with van der Waals surface area (Å²) in [5.74, 6) is 3.50. The number of pyridine rings is 1. The molecule has 1 aliphatic carbocycles. The van der Waals surface area contributed by atoms with Gasteiger partial charge < -0.3 is 33.9 Å². The first-order valence-electron chi connectivity index (χ1n) is 25.3. The number of fused-ring (bicyclic) bond motifs is 8. The summed E-state index contributed by atoms with van der Waals surface area (Å²) in [7, 11) is 3.79. The molecule has 71 heavy (non-hydrogen) atoms. The van der Waals surface area contributed by atoms with E-state index in [0.29, 0.717) is 65.1 Å². The molecular formula is C55H66N8O8. The molecule has 2 N–H and O–H groups in total. The Labute approximate surface area is 415 Å². The topological polar surface area (TPSA) is 168 Å². The summed E-state index contributed by atoms with van der Waals surface area (Å²) in [4.78, 5) is 82.1. The van der Waals surface area contributed by atoms with Crippen molar-refractivity contribution in [1.29, 1.82) is 0 Å². The summed E-state index contributed by atoms with van der Waals surface area (Å²) in [6, 6.07) is 15.8. The van der Waals surface area contributed by atoms with Gasteiger partial charge in [-0.15, -0.1) is 0 Å². The lowest BCUT2D eigenvalue weighted by Gasteiger charge is -2.42. The molecule has 2 aromatic heterocycles. The van der Waals surface area contributed by atoms with Gasteiger partial charge in [0.25, 0.3) is 11.8 Å².